The summed E-state index contributed by atoms with van der Waals surface area (Å²) in [7, 11) is 0. The van der Waals surface area contributed by atoms with Gasteiger partial charge >= 0.3 is 0 Å². The number of rotatable bonds is 2. The van der Waals surface area contributed by atoms with Gasteiger partial charge < -0.3 is 5.11 Å². The minimum Gasteiger partial charge on any atom is -0.395 e. The molecule has 0 spiro atoms. The molecule has 0 aliphatic carbocycles. The summed E-state index contributed by atoms with van der Waals surface area (Å²) >= 11 is 0. The van der Waals surface area contributed by atoms with Crippen molar-refractivity contribution in [1.29, 1.82) is 0 Å². The van der Waals surface area contributed by atoms with Gasteiger partial charge in [-0.05, 0) is 23.6 Å². The summed E-state index contributed by atoms with van der Waals surface area (Å²) in [4.78, 5) is 2.27. The number of β-amino-alcohol motifs (C(OH)–C–C–N with tert-alkyl or cyclic N) is 1. The van der Waals surface area contributed by atoms with E-state index in [2.05, 4.69) is 17.0 Å². The van der Waals surface area contributed by atoms with Crippen LogP contribution in [0.2, 0.25) is 0 Å². The molecule has 0 amide bonds. The molecule has 0 unspecified atom stereocenters. The molecular weight excluding hydrogens is 162 g/mol. The molecule has 0 bridgehead atoms. The summed E-state index contributed by atoms with van der Waals surface area (Å²) in [5, 5.41) is 8.82. The molecule has 0 aromatic heterocycles. The van der Waals surface area contributed by atoms with Crippen LogP contribution in [0.25, 0.3) is 0 Å². The summed E-state index contributed by atoms with van der Waals surface area (Å²) in [5.74, 6) is 0. The van der Waals surface area contributed by atoms with Crippen LogP contribution in [0.1, 0.15) is 11.1 Å². The summed E-state index contributed by atoms with van der Waals surface area (Å²) in [5.41, 5.74) is 2.71. The molecule has 2 rings (SSSR count). The van der Waals surface area contributed by atoms with Crippen LogP contribution in [0.15, 0.2) is 18.2 Å². The largest absolute Gasteiger partial charge is 0.395 e. The van der Waals surface area contributed by atoms with Crippen LogP contribution in [0.4, 0.5) is 0 Å². The molecule has 1 N–H and O–H groups in total. The van der Waals surface area contributed by atoms with Crippen molar-refractivity contribution in [2.45, 2.75) is 13.0 Å². The van der Waals surface area contributed by atoms with E-state index in [-0.39, 0.29) is 6.61 Å². The summed E-state index contributed by atoms with van der Waals surface area (Å²) in [6, 6.07) is 9.41. The maximum absolute atomic E-state index is 8.82. The van der Waals surface area contributed by atoms with Crippen molar-refractivity contribution in [2.75, 3.05) is 19.7 Å². The number of aliphatic hydroxyl groups excluding tert-OH is 1. The Hall–Kier alpha value is -0.860. The molecule has 1 radical (unpaired) electrons. The average molecular weight is 176 g/mol. The zero-order chi connectivity index (χ0) is 9.10. The third-order valence-electron chi connectivity index (χ3n) is 2.53. The van der Waals surface area contributed by atoms with Crippen molar-refractivity contribution in [1.82, 2.24) is 4.90 Å². The molecule has 1 aromatic rings. The smallest absolute Gasteiger partial charge is 0.0558 e. The van der Waals surface area contributed by atoms with E-state index in [1.807, 2.05) is 12.1 Å². The van der Waals surface area contributed by atoms with Crippen LogP contribution in [0.3, 0.4) is 0 Å². The van der Waals surface area contributed by atoms with Gasteiger partial charge in [0.2, 0.25) is 0 Å². The van der Waals surface area contributed by atoms with Gasteiger partial charge in [0.1, 0.15) is 0 Å². The Kier molecular flexibility index (Phi) is 2.62. The van der Waals surface area contributed by atoms with Gasteiger partial charge in [-0.2, -0.15) is 0 Å². The molecule has 1 aliphatic heterocycles. The predicted octanol–water partition coefficient (Wildman–Crippen LogP) is 0.837. The summed E-state index contributed by atoms with van der Waals surface area (Å²) in [6.45, 7) is 3.06. The molecular formula is C11H14NO. The SMILES string of the molecule is OCCN1CCc2[c]cccc2C1. The van der Waals surface area contributed by atoms with E-state index < -0.39 is 0 Å². The van der Waals surface area contributed by atoms with Crippen molar-refractivity contribution in [3.63, 3.8) is 0 Å². The van der Waals surface area contributed by atoms with Gasteiger partial charge in [0.05, 0.1) is 6.61 Å². The average Bonchev–Trinajstić information content (AvgIpc) is 2.18. The molecule has 0 saturated carbocycles. The number of aliphatic hydroxyl groups is 1. The van der Waals surface area contributed by atoms with Crippen molar-refractivity contribution in [3.05, 3.63) is 35.4 Å². The fourth-order valence-corrected chi connectivity index (χ4v) is 1.81. The fourth-order valence-electron chi connectivity index (χ4n) is 1.81. The third kappa shape index (κ3) is 1.90. The third-order valence-corrected chi connectivity index (χ3v) is 2.53. The number of fused-ring (bicyclic) bond motifs is 1. The fraction of sp³-hybridized carbons (Fsp3) is 0.455. The lowest BCUT2D eigenvalue weighted by atomic mass is 10.0. The first-order chi connectivity index (χ1) is 6.40. The molecule has 69 valence electrons. The highest BCUT2D eigenvalue weighted by Crippen LogP contribution is 2.17. The Labute approximate surface area is 78.8 Å². The van der Waals surface area contributed by atoms with Gasteiger partial charge in [0.25, 0.3) is 0 Å². The molecule has 1 aliphatic rings. The van der Waals surface area contributed by atoms with Crippen LogP contribution < -0.4 is 0 Å². The predicted molar refractivity (Wildman–Crippen MR) is 51.3 cm³/mol. The quantitative estimate of drug-likeness (QED) is 0.721. The lowest BCUT2D eigenvalue weighted by molar-refractivity contribution is 0.184. The van der Waals surface area contributed by atoms with E-state index in [1.54, 1.807) is 0 Å². The maximum atomic E-state index is 8.82. The normalized spacial score (nSPS) is 17.0. The minimum absolute atomic E-state index is 0.256. The van der Waals surface area contributed by atoms with E-state index in [1.165, 1.54) is 11.1 Å². The van der Waals surface area contributed by atoms with E-state index >= 15 is 0 Å². The number of hydrogen-bond donors (Lipinski definition) is 1. The number of benzene rings is 1. The van der Waals surface area contributed by atoms with Crippen molar-refractivity contribution >= 4 is 0 Å². The molecule has 2 heteroatoms. The Morgan fingerprint density at radius 2 is 2.46 bits per heavy atom. The highest BCUT2D eigenvalue weighted by molar-refractivity contribution is 5.27. The summed E-state index contributed by atoms with van der Waals surface area (Å²) < 4.78 is 0. The lowest BCUT2D eigenvalue weighted by Gasteiger charge is -2.27. The Morgan fingerprint density at radius 3 is 3.31 bits per heavy atom. The van der Waals surface area contributed by atoms with E-state index in [9.17, 15) is 0 Å². The van der Waals surface area contributed by atoms with E-state index in [0.29, 0.717) is 0 Å². The van der Waals surface area contributed by atoms with Crippen molar-refractivity contribution < 1.29 is 5.11 Å². The zero-order valence-corrected chi connectivity index (χ0v) is 7.66. The molecule has 1 heterocycles. The molecule has 2 nitrogen and oxygen atoms in total. The topological polar surface area (TPSA) is 23.5 Å². The second-order valence-electron chi connectivity index (χ2n) is 3.42. The monoisotopic (exact) mass is 176 g/mol. The van der Waals surface area contributed by atoms with Gasteiger partial charge in [0, 0.05) is 19.6 Å². The molecule has 0 saturated heterocycles. The zero-order valence-electron chi connectivity index (χ0n) is 7.66. The minimum atomic E-state index is 0.256. The molecule has 0 atom stereocenters. The first-order valence-corrected chi connectivity index (χ1v) is 4.72. The van der Waals surface area contributed by atoms with Crippen molar-refractivity contribution in [3.8, 4) is 0 Å². The van der Waals surface area contributed by atoms with Gasteiger partial charge in [-0.25, -0.2) is 0 Å². The lowest BCUT2D eigenvalue weighted by Crippen LogP contribution is -2.32. The Balaban J connectivity index is 2.11. The molecule has 1 aromatic carbocycles. The van der Waals surface area contributed by atoms with Gasteiger partial charge in [-0.1, -0.05) is 18.2 Å². The van der Waals surface area contributed by atoms with E-state index in [0.717, 1.165) is 26.1 Å². The van der Waals surface area contributed by atoms with Crippen LogP contribution >= 0.6 is 0 Å². The van der Waals surface area contributed by atoms with Gasteiger partial charge in [-0.15, -0.1) is 0 Å². The Bertz CT molecular complexity index is 285. The molecule has 13 heavy (non-hydrogen) atoms. The van der Waals surface area contributed by atoms with Crippen LogP contribution in [-0.2, 0) is 13.0 Å². The van der Waals surface area contributed by atoms with Crippen LogP contribution in [0.5, 0.6) is 0 Å². The highest BCUT2D eigenvalue weighted by atomic mass is 16.3. The summed E-state index contributed by atoms with van der Waals surface area (Å²) in [6.07, 6.45) is 1.07. The second-order valence-corrected chi connectivity index (χ2v) is 3.42. The first kappa shape index (κ1) is 8.73. The van der Waals surface area contributed by atoms with Crippen LogP contribution in [0, 0.1) is 6.07 Å². The first-order valence-electron chi connectivity index (χ1n) is 4.72. The van der Waals surface area contributed by atoms with Gasteiger partial charge in [-0.3, -0.25) is 4.90 Å². The standard InChI is InChI=1S/C11H14NO/c13-8-7-12-6-5-10-3-1-2-4-11(10)9-12/h1-2,4,13H,5-9H2. The van der Waals surface area contributed by atoms with Crippen molar-refractivity contribution in [2.24, 2.45) is 0 Å². The second kappa shape index (κ2) is 3.90. The van der Waals surface area contributed by atoms with E-state index in [4.69, 9.17) is 5.11 Å². The molecule has 0 fully saturated rings. The highest BCUT2D eigenvalue weighted by Gasteiger charge is 2.14. The van der Waals surface area contributed by atoms with Crippen LogP contribution in [-0.4, -0.2) is 29.7 Å². The Morgan fingerprint density at radius 1 is 1.54 bits per heavy atom. The number of hydrogen-bond acceptors (Lipinski definition) is 2. The van der Waals surface area contributed by atoms with Gasteiger partial charge in [0.15, 0.2) is 0 Å². The maximum Gasteiger partial charge on any atom is 0.0558 e. The number of nitrogens with zero attached hydrogens (tertiary/aromatic N) is 1.